The SMILES string of the molecule is CC(Cl)(c1ccc([N+](=O)[O-])cc1)C(C)(Cl)c1ccc([N+](=O)[O-])cc1. The number of halogens is 2. The van der Waals surface area contributed by atoms with Gasteiger partial charge in [0.2, 0.25) is 0 Å². The summed E-state index contributed by atoms with van der Waals surface area (Å²) in [4.78, 5) is 18.3. The van der Waals surface area contributed by atoms with E-state index in [0.29, 0.717) is 11.1 Å². The van der Waals surface area contributed by atoms with Crippen molar-refractivity contribution in [2.24, 2.45) is 0 Å². The molecule has 0 aliphatic heterocycles. The Morgan fingerprint density at radius 2 is 0.958 bits per heavy atom. The third kappa shape index (κ3) is 3.20. The van der Waals surface area contributed by atoms with Crippen molar-refractivity contribution >= 4 is 34.6 Å². The number of nitrogens with zero attached hydrogens (tertiary/aromatic N) is 2. The number of rotatable bonds is 5. The van der Waals surface area contributed by atoms with Crippen LogP contribution in [0.15, 0.2) is 48.5 Å². The van der Waals surface area contributed by atoms with E-state index < -0.39 is 19.6 Å². The largest absolute Gasteiger partial charge is 0.269 e. The van der Waals surface area contributed by atoms with Crippen molar-refractivity contribution in [2.75, 3.05) is 0 Å². The van der Waals surface area contributed by atoms with Crippen LogP contribution in [0, 0.1) is 20.2 Å². The third-order valence-corrected chi connectivity index (χ3v) is 5.41. The summed E-state index contributed by atoms with van der Waals surface area (Å²) in [6.45, 7) is 3.40. The highest BCUT2D eigenvalue weighted by molar-refractivity contribution is 6.34. The summed E-state index contributed by atoms with van der Waals surface area (Å²) >= 11 is 13.4. The smallest absolute Gasteiger partial charge is 0.258 e. The monoisotopic (exact) mass is 368 g/mol. The molecule has 0 saturated carbocycles. The summed E-state index contributed by atoms with van der Waals surface area (Å²) in [6.07, 6.45) is 0. The predicted octanol–water partition coefficient (Wildman–Crippen LogP) is 5.11. The second-order valence-electron chi connectivity index (χ2n) is 5.61. The van der Waals surface area contributed by atoms with Crippen LogP contribution in [0.3, 0.4) is 0 Å². The highest BCUT2D eigenvalue weighted by Gasteiger charge is 2.44. The van der Waals surface area contributed by atoms with E-state index in [1.807, 2.05) is 0 Å². The van der Waals surface area contributed by atoms with Crippen LogP contribution in [0.2, 0.25) is 0 Å². The van der Waals surface area contributed by atoms with Gasteiger partial charge in [-0.3, -0.25) is 20.2 Å². The minimum atomic E-state index is -1.10. The lowest BCUT2D eigenvalue weighted by molar-refractivity contribution is -0.385. The number of hydrogen-bond donors (Lipinski definition) is 0. The van der Waals surface area contributed by atoms with Gasteiger partial charge >= 0.3 is 0 Å². The van der Waals surface area contributed by atoms with Crippen molar-refractivity contribution in [1.29, 1.82) is 0 Å². The average molecular weight is 369 g/mol. The zero-order valence-electron chi connectivity index (χ0n) is 12.9. The van der Waals surface area contributed by atoms with Gasteiger partial charge in [0.25, 0.3) is 11.4 Å². The molecule has 0 fully saturated rings. The molecule has 0 aliphatic carbocycles. The molecule has 0 amide bonds. The molecule has 126 valence electrons. The molecular weight excluding hydrogens is 355 g/mol. The highest BCUT2D eigenvalue weighted by Crippen LogP contribution is 2.50. The lowest BCUT2D eigenvalue weighted by atomic mass is 9.82. The van der Waals surface area contributed by atoms with Crippen LogP contribution < -0.4 is 0 Å². The molecule has 0 aromatic heterocycles. The van der Waals surface area contributed by atoms with Gasteiger partial charge in [-0.2, -0.15) is 0 Å². The number of alkyl halides is 2. The van der Waals surface area contributed by atoms with Gasteiger partial charge < -0.3 is 0 Å². The Bertz CT molecular complexity index is 704. The molecule has 8 heteroatoms. The summed E-state index contributed by atoms with van der Waals surface area (Å²) in [6, 6.07) is 11.7. The molecule has 2 atom stereocenters. The van der Waals surface area contributed by atoms with Gasteiger partial charge in [-0.05, 0) is 25.0 Å². The summed E-state index contributed by atoms with van der Waals surface area (Å²) in [5.41, 5.74) is 1.12. The minimum absolute atomic E-state index is 0.0437. The molecular formula is C16H14Cl2N2O4. The lowest BCUT2D eigenvalue weighted by Crippen LogP contribution is -2.36. The molecule has 0 bridgehead atoms. The molecule has 0 spiro atoms. The van der Waals surface area contributed by atoms with Crippen LogP contribution in [0.1, 0.15) is 25.0 Å². The molecule has 2 aromatic carbocycles. The maximum atomic E-state index is 10.8. The first-order chi connectivity index (χ1) is 11.1. The predicted molar refractivity (Wildman–Crippen MR) is 92.6 cm³/mol. The molecule has 24 heavy (non-hydrogen) atoms. The molecule has 0 saturated heterocycles. The zero-order valence-corrected chi connectivity index (χ0v) is 14.4. The zero-order chi connectivity index (χ0) is 18.1. The molecule has 2 aromatic rings. The Hall–Kier alpha value is -2.18. The van der Waals surface area contributed by atoms with Gasteiger partial charge in [0.15, 0.2) is 0 Å². The van der Waals surface area contributed by atoms with Gasteiger partial charge in [0.1, 0.15) is 0 Å². The van der Waals surface area contributed by atoms with E-state index >= 15 is 0 Å². The van der Waals surface area contributed by atoms with Gasteiger partial charge in [-0.1, -0.05) is 24.3 Å². The van der Waals surface area contributed by atoms with Gasteiger partial charge in [-0.25, -0.2) is 0 Å². The maximum absolute atomic E-state index is 10.8. The molecule has 6 nitrogen and oxygen atoms in total. The van der Waals surface area contributed by atoms with E-state index in [-0.39, 0.29) is 11.4 Å². The first-order valence-electron chi connectivity index (χ1n) is 6.95. The van der Waals surface area contributed by atoms with E-state index in [0.717, 1.165) is 0 Å². The summed E-state index contributed by atoms with van der Waals surface area (Å²) in [5, 5.41) is 21.5. The second-order valence-corrected chi connectivity index (χ2v) is 7.13. The molecule has 2 rings (SSSR count). The Labute approximate surface area is 148 Å². The fourth-order valence-corrected chi connectivity index (χ4v) is 2.80. The fraction of sp³-hybridized carbons (Fsp3) is 0.250. The Balaban J connectivity index is 2.41. The molecule has 2 unspecified atom stereocenters. The maximum Gasteiger partial charge on any atom is 0.269 e. The van der Waals surface area contributed by atoms with E-state index in [1.54, 1.807) is 38.1 Å². The number of hydrogen-bond acceptors (Lipinski definition) is 4. The number of nitro benzene ring substituents is 2. The van der Waals surface area contributed by atoms with Gasteiger partial charge in [0, 0.05) is 24.3 Å². The lowest BCUT2D eigenvalue weighted by Gasteiger charge is -2.38. The molecule has 0 radical (unpaired) electrons. The van der Waals surface area contributed by atoms with E-state index in [2.05, 4.69) is 0 Å². The fourth-order valence-electron chi connectivity index (χ4n) is 2.33. The third-order valence-electron chi connectivity index (χ3n) is 4.12. The summed E-state index contributed by atoms with van der Waals surface area (Å²) < 4.78 is 0. The van der Waals surface area contributed by atoms with Gasteiger partial charge in [0.05, 0.1) is 19.6 Å². The average Bonchev–Trinajstić information content (AvgIpc) is 2.54. The molecule has 0 heterocycles. The van der Waals surface area contributed by atoms with Crippen molar-refractivity contribution in [1.82, 2.24) is 0 Å². The topological polar surface area (TPSA) is 86.3 Å². The Morgan fingerprint density at radius 1 is 0.708 bits per heavy atom. The Kier molecular flexibility index (Phi) is 4.82. The van der Waals surface area contributed by atoms with E-state index in [4.69, 9.17) is 23.2 Å². The quantitative estimate of drug-likeness (QED) is 0.416. The van der Waals surface area contributed by atoms with Crippen molar-refractivity contribution in [3.63, 3.8) is 0 Å². The summed E-state index contributed by atoms with van der Waals surface area (Å²) in [5.74, 6) is 0. The van der Waals surface area contributed by atoms with E-state index in [9.17, 15) is 20.2 Å². The first kappa shape index (κ1) is 18.2. The number of benzene rings is 2. The van der Waals surface area contributed by atoms with Crippen LogP contribution in [0.5, 0.6) is 0 Å². The Morgan fingerprint density at radius 3 is 1.17 bits per heavy atom. The van der Waals surface area contributed by atoms with Crippen LogP contribution in [0.25, 0.3) is 0 Å². The van der Waals surface area contributed by atoms with Crippen LogP contribution in [-0.2, 0) is 9.75 Å². The van der Waals surface area contributed by atoms with Crippen molar-refractivity contribution < 1.29 is 9.85 Å². The molecule has 0 aliphatic rings. The number of non-ortho nitro benzene ring substituents is 2. The standard InChI is InChI=1S/C16H14Cl2N2O4/c1-15(17,11-3-7-13(8-4-11)19(21)22)16(2,18)12-5-9-14(10-6-12)20(23)24/h3-10H,1-2H3. The first-order valence-corrected chi connectivity index (χ1v) is 7.70. The van der Waals surface area contributed by atoms with Crippen molar-refractivity contribution in [3.05, 3.63) is 79.9 Å². The number of nitro groups is 2. The van der Waals surface area contributed by atoms with E-state index in [1.165, 1.54) is 24.3 Å². The normalized spacial score (nSPS) is 16.0. The molecule has 0 N–H and O–H groups in total. The van der Waals surface area contributed by atoms with Crippen LogP contribution >= 0.6 is 23.2 Å². The van der Waals surface area contributed by atoms with Gasteiger partial charge in [-0.15, -0.1) is 23.2 Å². The van der Waals surface area contributed by atoms with Crippen LogP contribution in [-0.4, -0.2) is 9.85 Å². The summed E-state index contributed by atoms with van der Waals surface area (Å²) in [7, 11) is 0. The minimum Gasteiger partial charge on any atom is -0.258 e. The van der Waals surface area contributed by atoms with Crippen molar-refractivity contribution in [2.45, 2.75) is 23.6 Å². The highest BCUT2D eigenvalue weighted by atomic mass is 35.5. The van der Waals surface area contributed by atoms with Crippen molar-refractivity contribution in [3.8, 4) is 0 Å². The second kappa shape index (κ2) is 6.37. The van der Waals surface area contributed by atoms with Crippen LogP contribution in [0.4, 0.5) is 11.4 Å².